The average molecular weight is 370 g/mol. The number of hydrogen-bond acceptors (Lipinski definition) is 4. The van der Waals surface area contributed by atoms with Crippen LogP contribution in [0.1, 0.15) is 63.2 Å². The van der Waals surface area contributed by atoms with Crippen LogP contribution in [-0.2, 0) is 11.8 Å². The quantitative estimate of drug-likeness (QED) is 0.402. The fourth-order valence-electron chi connectivity index (χ4n) is 3.10. The zero-order valence-electron chi connectivity index (χ0n) is 16.7. The molecule has 0 aliphatic heterocycles. The third kappa shape index (κ3) is 5.31. The van der Waals surface area contributed by atoms with Crippen molar-refractivity contribution in [3.05, 3.63) is 47.6 Å². The Morgan fingerprint density at radius 1 is 1.22 bits per heavy atom. The molecule has 1 aliphatic rings. The van der Waals surface area contributed by atoms with Crippen molar-refractivity contribution >= 4 is 5.96 Å². The molecule has 2 aromatic rings. The summed E-state index contributed by atoms with van der Waals surface area (Å²) in [6.07, 6.45) is 4.14. The van der Waals surface area contributed by atoms with Crippen molar-refractivity contribution in [2.75, 3.05) is 19.6 Å². The van der Waals surface area contributed by atoms with Gasteiger partial charge >= 0.3 is 0 Å². The van der Waals surface area contributed by atoms with E-state index < -0.39 is 0 Å². The predicted molar refractivity (Wildman–Crippen MR) is 108 cm³/mol. The second-order valence-corrected chi connectivity index (χ2v) is 7.57. The number of rotatable bonds is 9. The molecule has 0 saturated heterocycles. The highest BCUT2D eigenvalue weighted by molar-refractivity contribution is 5.79. The molecule has 3 rings (SSSR count). The SMILES string of the molecule is CCNC(=NCC1(c2ccccc2)CC1)NCCCc1nc(C(C)C)no1. The van der Waals surface area contributed by atoms with Crippen LogP contribution in [0.4, 0.5) is 0 Å². The molecule has 0 spiro atoms. The molecule has 146 valence electrons. The molecule has 27 heavy (non-hydrogen) atoms. The first-order valence-electron chi connectivity index (χ1n) is 10.0. The summed E-state index contributed by atoms with van der Waals surface area (Å²) in [6.45, 7) is 8.73. The van der Waals surface area contributed by atoms with Crippen LogP contribution in [0.5, 0.6) is 0 Å². The van der Waals surface area contributed by atoms with Crippen LogP contribution in [0.3, 0.4) is 0 Å². The minimum Gasteiger partial charge on any atom is -0.357 e. The summed E-state index contributed by atoms with van der Waals surface area (Å²) < 4.78 is 5.30. The molecular weight excluding hydrogens is 338 g/mol. The first-order valence-corrected chi connectivity index (χ1v) is 10.0. The minimum atomic E-state index is 0.237. The molecule has 6 nitrogen and oxygen atoms in total. The largest absolute Gasteiger partial charge is 0.357 e. The van der Waals surface area contributed by atoms with E-state index in [2.05, 4.69) is 71.9 Å². The summed E-state index contributed by atoms with van der Waals surface area (Å²) in [5.41, 5.74) is 1.64. The van der Waals surface area contributed by atoms with E-state index in [0.717, 1.165) is 44.3 Å². The molecule has 1 saturated carbocycles. The summed E-state index contributed by atoms with van der Waals surface area (Å²) in [5.74, 6) is 2.67. The maximum atomic E-state index is 5.30. The van der Waals surface area contributed by atoms with Gasteiger partial charge in [0.25, 0.3) is 0 Å². The Balaban J connectivity index is 1.48. The van der Waals surface area contributed by atoms with Crippen molar-refractivity contribution in [1.29, 1.82) is 0 Å². The van der Waals surface area contributed by atoms with Crippen LogP contribution in [0, 0.1) is 0 Å². The van der Waals surface area contributed by atoms with Crippen molar-refractivity contribution in [3.8, 4) is 0 Å². The van der Waals surface area contributed by atoms with E-state index in [1.807, 2.05) is 0 Å². The van der Waals surface area contributed by atoms with Crippen LogP contribution in [-0.4, -0.2) is 35.7 Å². The van der Waals surface area contributed by atoms with E-state index >= 15 is 0 Å². The number of aromatic nitrogens is 2. The van der Waals surface area contributed by atoms with Crippen molar-refractivity contribution < 1.29 is 4.52 Å². The van der Waals surface area contributed by atoms with Crippen molar-refractivity contribution in [3.63, 3.8) is 0 Å². The number of aryl methyl sites for hydroxylation is 1. The molecule has 1 aromatic carbocycles. The molecule has 0 unspecified atom stereocenters. The monoisotopic (exact) mass is 369 g/mol. The van der Waals surface area contributed by atoms with Gasteiger partial charge in [0.05, 0.1) is 6.54 Å². The zero-order chi connectivity index (χ0) is 19.1. The lowest BCUT2D eigenvalue weighted by atomic mass is 9.96. The molecule has 0 atom stereocenters. The maximum absolute atomic E-state index is 5.30. The smallest absolute Gasteiger partial charge is 0.226 e. The lowest BCUT2D eigenvalue weighted by Crippen LogP contribution is -2.38. The van der Waals surface area contributed by atoms with E-state index in [9.17, 15) is 0 Å². The predicted octanol–water partition coefficient (Wildman–Crippen LogP) is 3.41. The van der Waals surface area contributed by atoms with Gasteiger partial charge in [0.15, 0.2) is 11.8 Å². The van der Waals surface area contributed by atoms with Gasteiger partial charge in [-0.1, -0.05) is 49.3 Å². The Bertz CT molecular complexity index is 734. The van der Waals surface area contributed by atoms with Gasteiger partial charge in [-0.25, -0.2) is 0 Å². The summed E-state index contributed by atoms with van der Waals surface area (Å²) >= 11 is 0. The van der Waals surface area contributed by atoms with E-state index in [0.29, 0.717) is 11.8 Å². The minimum absolute atomic E-state index is 0.237. The van der Waals surface area contributed by atoms with E-state index in [1.54, 1.807) is 0 Å². The van der Waals surface area contributed by atoms with Crippen molar-refractivity contribution in [2.45, 2.75) is 57.8 Å². The highest BCUT2D eigenvalue weighted by Crippen LogP contribution is 2.48. The zero-order valence-corrected chi connectivity index (χ0v) is 16.7. The third-order valence-corrected chi connectivity index (χ3v) is 4.98. The first kappa shape index (κ1) is 19.4. The van der Waals surface area contributed by atoms with Gasteiger partial charge in [-0.3, -0.25) is 4.99 Å². The molecule has 6 heteroatoms. The average Bonchev–Trinajstić information content (AvgIpc) is 3.32. The number of aliphatic imine (C=N–C) groups is 1. The summed E-state index contributed by atoms with van der Waals surface area (Å²) in [5, 5.41) is 10.8. The van der Waals surface area contributed by atoms with Crippen molar-refractivity contribution in [1.82, 2.24) is 20.8 Å². The number of hydrogen-bond donors (Lipinski definition) is 2. The highest BCUT2D eigenvalue weighted by Gasteiger charge is 2.43. The Labute approximate surface area is 161 Å². The highest BCUT2D eigenvalue weighted by atomic mass is 16.5. The molecule has 1 heterocycles. The Morgan fingerprint density at radius 3 is 2.63 bits per heavy atom. The normalized spacial score (nSPS) is 15.8. The molecule has 0 bridgehead atoms. The van der Waals surface area contributed by atoms with Crippen LogP contribution in [0.15, 0.2) is 39.8 Å². The van der Waals surface area contributed by atoms with Gasteiger partial charge in [0.1, 0.15) is 0 Å². The van der Waals surface area contributed by atoms with Gasteiger partial charge in [-0.2, -0.15) is 4.98 Å². The van der Waals surface area contributed by atoms with E-state index in [-0.39, 0.29) is 5.41 Å². The van der Waals surface area contributed by atoms with Crippen LogP contribution >= 0.6 is 0 Å². The van der Waals surface area contributed by atoms with Gasteiger partial charge in [0, 0.05) is 30.8 Å². The topological polar surface area (TPSA) is 75.3 Å². The van der Waals surface area contributed by atoms with Gasteiger partial charge in [-0.15, -0.1) is 0 Å². The second kappa shape index (κ2) is 9.02. The molecule has 0 radical (unpaired) electrons. The van der Waals surface area contributed by atoms with Gasteiger partial charge in [0.2, 0.25) is 5.89 Å². The van der Waals surface area contributed by atoms with E-state index in [1.165, 1.54) is 18.4 Å². The maximum Gasteiger partial charge on any atom is 0.226 e. The fourth-order valence-corrected chi connectivity index (χ4v) is 3.10. The molecule has 1 aromatic heterocycles. The molecule has 1 fully saturated rings. The Morgan fingerprint density at radius 2 is 2.00 bits per heavy atom. The number of nitrogens with one attached hydrogen (secondary N) is 2. The van der Waals surface area contributed by atoms with Crippen LogP contribution < -0.4 is 10.6 Å². The lowest BCUT2D eigenvalue weighted by Gasteiger charge is -2.15. The molecule has 2 N–H and O–H groups in total. The Kier molecular flexibility index (Phi) is 6.48. The molecular formula is C21H31N5O. The summed E-state index contributed by atoms with van der Waals surface area (Å²) in [6, 6.07) is 10.7. The molecule has 0 amide bonds. The number of nitrogens with zero attached hydrogens (tertiary/aromatic N) is 3. The summed E-state index contributed by atoms with van der Waals surface area (Å²) in [7, 11) is 0. The van der Waals surface area contributed by atoms with Gasteiger partial charge < -0.3 is 15.2 Å². The number of benzene rings is 1. The van der Waals surface area contributed by atoms with Crippen molar-refractivity contribution in [2.24, 2.45) is 4.99 Å². The number of guanidine groups is 1. The van der Waals surface area contributed by atoms with Crippen LogP contribution in [0.2, 0.25) is 0 Å². The standard InChI is InChI=1S/C21H31N5O/c1-4-22-20(23-14-8-11-18-25-19(16(2)3)26-27-18)24-15-21(12-13-21)17-9-6-5-7-10-17/h5-7,9-10,16H,4,8,11-15H2,1-3H3,(H2,22,23,24). The molecule has 1 aliphatic carbocycles. The van der Waals surface area contributed by atoms with E-state index in [4.69, 9.17) is 9.52 Å². The Hall–Kier alpha value is -2.37. The van der Waals surface area contributed by atoms with Crippen LogP contribution in [0.25, 0.3) is 0 Å². The lowest BCUT2D eigenvalue weighted by molar-refractivity contribution is 0.368. The van der Waals surface area contributed by atoms with Gasteiger partial charge in [-0.05, 0) is 31.7 Å². The second-order valence-electron chi connectivity index (χ2n) is 7.57. The first-order chi connectivity index (χ1) is 13.1. The fraction of sp³-hybridized carbons (Fsp3) is 0.571. The summed E-state index contributed by atoms with van der Waals surface area (Å²) in [4.78, 5) is 9.26. The third-order valence-electron chi connectivity index (χ3n) is 4.98.